The lowest BCUT2D eigenvalue weighted by Gasteiger charge is -2.27. The number of carbonyl (C=O) groups is 1. The van der Waals surface area contributed by atoms with Gasteiger partial charge in [0, 0.05) is 40.8 Å². The molecule has 184 valence electrons. The lowest BCUT2D eigenvalue weighted by molar-refractivity contribution is -0.135. The molecule has 0 aliphatic carbocycles. The van der Waals surface area contributed by atoms with Crippen LogP contribution in [0.4, 0.5) is 0 Å². The van der Waals surface area contributed by atoms with Crippen LogP contribution in [0.15, 0.2) is 64.6 Å². The molecule has 2 aromatic rings. The topological polar surface area (TPSA) is 129 Å². The molecule has 0 aromatic heterocycles. The van der Waals surface area contributed by atoms with Crippen LogP contribution in [0.5, 0.6) is 0 Å². The Morgan fingerprint density at radius 1 is 0.824 bits per heavy atom. The standard InChI is InChI=1S/C25H31N5O2.2ClH/c1-15(2)29-22(26)18-7-5-17(6-8-18)21-13-14-25(32-21,24(28)31)20-11-9-19(10-12-20)23(27)30-16(3)4;;/h5-13,15-16H,14H2,1-4H3,(H2,26,29)(H2,27,30)(H2,28,31);2*1H. The molecule has 9 heteroatoms. The first kappa shape index (κ1) is 29.0. The first-order chi connectivity index (χ1) is 15.1. The number of amidine groups is 2. The summed E-state index contributed by atoms with van der Waals surface area (Å²) in [5.41, 5.74) is 19.7. The number of benzene rings is 2. The molecular weight excluding hydrogens is 473 g/mol. The van der Waals surface area contributed by atoms with Crippen LogP contribution < -0.4 is 17.2 Å². The predicted molar refractivity (Wildman–Crippen MR) is 144 cm³/mol. The number of hydrogen-bond acceptors (Lipinski definition) is 4. The average molecular weight is 506 g/mol. The number of carbonyl (C=O) groups excluding carboxylic acids is 1. The van der Waals surface area contributed by atoms with Crippen LogP contribution in [0.1, 0.15) is 56.4 Å². The van der Waals surface area contributed by atoms with Gasteiger partial charge < -0.3 is 21.9 Å². The second-order valence-corrected chi connectivity index (χ2v) is 8.44. The van der Waals surface area contributed by atoms with Gasteiger partial charge in [-0.2, -0.15) is 0 Å². The van der Waals surface area contributed by atoms with Crippen molar-refractivity contribution < 1.29 is 9.53 Å². The Hall–Kier alpha value is -3.03. The van der Waals surface area contributed by atoms with Crippen LogP contribution in [-0.4, -0.2) is 29.7 Å². The molecule has 0 bridgehead atoms. The molecule has 1 aliphatic rings. The van der Waals surface area contributed by atoms with Gasteiger partial charge >= 0.3 is 0 Å². The summed E-state index contributed by atoms with van der Waals surface area (Å²) in [6.45, 7) is 7.86. The van der Waals surface area contributed by atoms with Crippen LogP contribution in [0.3, 0.4) is 0 Å². The van der Waals surface area contributed by atoms with Crippen molar-refractivity contribution in [2.45, 2.75) is 51.8 Å². The Morgan fingerprint density at radius 2 is 1.26 bits per heavy atom. The molecular formula is C25H33Cl2N5O2. The Labute approximate surface area is 213 Å². The molecule has 3 rings (SSSR count). The van der Waals surface area contributed by atoms with Gasteiger partial charge in [-0.05, 0) is 33.8 Å². The number of rotatable bonds is 7. The van der Waals surface area contributed by atoms with Gasteiger partial charge in [-0.3, -0.25) is 14.8 Å². The fourth-order valence-corrected chi connectivity index (χ4v) is 3.58. The summed E-state index contributed by atoms with van der Waals surface area (Å²) in [5, 5.41) is 0. The second-order valence-electron chi connectivity index (χ2n) is 8.44. The van der Waals surface area contributed by atoms with Crippen molar-refractivity contribution in [2.24, 2.45) is 27.2 Å². The van der Waals surface area contributed by atoms with Gasteiger partial charge in [0.1, 0.15) is 17.4 Å². The molecule has 1 amide bonds. The number of primary amides is 1. The highest BCUT2D eigenvalue weighted by molar-refractivity contribution is 5.98. The van der Waals surface area contributed by atoms with E-state index in [0.717, 1.165) is 16.7 Å². The average Bonchev–Trinajstić information content (AvgIpc) is 3.20. The number of aliphatic imine (C=N–C) groups is 2. The highest BCUT2D eigenvalue weighted by atomic mass is 35.5. The molecule has 0 saturated heterocycles. The summed E-state index contributed by atoms with van der Waals surface area (Å²) in [5.74, 6) is 0.982. The molecule has 0 saturated carbocycles. The number of halogens is 2. The second kappa shape index (κ2) is 11.9. The van der Waals surface area contributed by atoms with Crippen molar-refractivity contribution >= 4 is 48.2 Å². The fraction of sp³-hybridized carbons (Fsp3) is 0.320. The number of nitrogens with two attached hydrogens (primary N) is 3. The third-order valence-corrected chi connectivity index (χ3v) is 5.16. The molecule has 0 radical (unpaired) electrons. The van der Waals surface area contributed by atoms with Gasteiger partial charge in [-0.1, -0.05) is 48.5 Å². The maximum Gasteiger partial charge on any atom is 0.266 e. The number of amides is 1. The van der Waals surface area contributed by atoms with Gasteiger partial charge in [0.15, 0.2) is 0 Å². The van der Waals surface area contributed by atoms with Gasteiger partial charge in [-0.25, -0.2) is 0 Å². The van der Waals surface area contributed by atoms with Gasteiger partial charge in [0.25, 0.3) is 5.91 Å². The van der Waals surface area contributed by atoms with Crippen molar-refractivity contribution in [3.05, 3.63) is 76.9 Å². The van der Waals surface area contributed by atoms with Crippen molar-refractivity contribution in [1.29, 1.82) is 0 Å². The lowest BCUT2D eigenvalue weighted by Crippen LogP contribution is -2.41. The Kier molecular flexibility index (Phi) is 10.2. The normalized spacial score (nSPS) is 18.1. The highest BCUT2D eigenvalue weighted by Crippen LogP contribution is 2.41. The van der Waals surface area contributed by atoms with Crippen LogP contribution in [0.25, 0.3) is 5.76 Å². The van der Waals surface area contributed by atoms with E-state index in [1.54, 1.807) is 0 Å². The van der Waals surface area contributed by atoms with Gasteiger partial charge in [0.05, 0.1) is 0 Å². The van der Waals surface area contributed by atoms with Crippen molar-refractivity contribution in [1.82, 2.24) is 0 Å². The van der Waals surface area contributed by atoms with Crippen LogP contribution in [0.2, 0.25) is 0 Å². The first-order valence-corrected chi connectivity index (χ1v) is 10.7. The smallest absolute Gasteiger partial charge is 0.266 e. The lowest BCUT2D eigenvalue weighted by atomic mass is 9.90. The maximum atomic E-state index is 12.5. The third kappa shape index (κ3) is 6.30. The van der Waals surface area contributed by atoms with E-state index < -0.39 is 11.5 Å². The zero-order valence-corrected chi connectivity index (χ0v) is 21.5. The monoisotopic (exact) mass is 505 g/mol. The summed E-state index contributed by atoms with van der Waals surface area (Å²) < 4.78 is 6.18. The van der Waals surface area contributed by atoms with E-state index >= 15 is 0 Å². The number of hydrogen-bond donors (Lipinski definition) is 3. The predicted octanol–water partition coefficient (Wildman–Crippen LogP) is 3.90. The maximum absolute atomic E-state index is 12.5. The van der Waals surface area contributed by atoms with Crippen LogP contribution in [-0.2, 0) is 15.1 Å². The minimum absolute atomic E-state index is 0. The summed E-state index contributed by atoms with van der Waals surface area (Å²) in [4.78, 5) is 21.2. The quantitative estimate of drug-likeness (QED) is 0.389. The number of ether oxygens (including phenoxy) is 1. The summed E-state index contributed by atoms with van der Waals surface area (Å²) >= 11 is 0. The zero-order valence-electron chi connectivity index (χ0n) is 19.8. The molecule has 6 N–H and O–H groups in total. The van der Waals surface area contributed by atoms with E-state index in [1.165, 1.54) is 0 Å². The SMILES string of the molecule is CC(C)N=C(N)c1ccc(C2=CCC(C(N)=O)(c3ccc(C(N)=NC(C)C)cc3)O2)cc1.Cl.Cl. The van der Waals surface area contributed by atoms with E-state index in [4.69, 9.17) is 21.9 Å². The van der Waals surface area contributed by atoms with Crippen LogP contribution >= 0.6 is 24.8 Å². The first-order valence-electron chi connectivity index (χ1n) is 10.7. The van der Waals surface area contributed by atoms with E-state index in [2.05, 4.69) is 9.98 Å². The number of nitrogens with zero attached hydrogens (tertiary/aromatic N) is 2. The van der Waals surface area contributed by atoms with Crippen molar-refractivity contribution in [3.63, 3.8) is 0 Å². The Balaban J connectivity index is 0.00000289. The van der Waals surface area contributed by atoms with Crippen LogP contribution in [0, 0.1) is 0 Å². The van der Waals surface area contributed by atoms with Gasteiger partial charge in [0.2, 0.25) is 5.60 Å². The van der Waals surface area contributed by atoms with E-state index in [-0.39, 0.29) is 36.9 Å². The molecule has 7 nitrogen and oxygen atoms in total. The molecule has 0 fully saturated rings. The fourth-order valence-electron chi connectivity index (χ4n) is 3.58. The molecule has 34 heavy (non-hydrogen) atoms. The molecule has 0 spiro atoms. The van der Waals surface area contributed by atoms with E-state index in [0.29, 0.717) is 29.4 Å². The van der Waals surface area contributed by atoms with Crippen molar-refractivity contribution in [2.75, 3.05) is 0 Å². The van der Waals surface area contributed by atoms with Crippen molar-refractivity contribution in [3.8, 4) is 0 Å². The largest absolute Gasteiger partial charge is 0.472 e. The third-order valence-electron chi connectivity index (χ3n) is 5.16. The molecule has 1 atom stereocenters. The Morgan fingerprint density at radius 3 is 1.68 bits per heavy atom. The molecule has 1 unspecified atom stereocenters. The molecule has 1 aliphatic heterocycles. The molecule has 2 aromatic carbocycles. The summed E-state index contributed by atoms with van der Waals surface area (Å²) in [6, 6.07) is 15.0. The zero-order chi connectivity index (χ0) is 23.5. The minimum Gasteiger partial charge on any atom is -0.472 e. The van der Waals surface area contributed by atoms with E-state index in [1.807, 2.05) is 82.3 Å². The minimum atomic E-state index is -1.27. The van der Waals surface area contributed by atoms with E-state index in [9.17, 15) is 4.79 Å². The highest BCUT2D eigenvalue weighted by Gasteiger charge is 2.44. The Bertz CT molecular complexity index is 1080. The van der Waals surface area contributed by atoms with Gasteiger partial charge in [-0.15, -0.1) is 24.8 Å². The summed E-state index contributed by atoms with van der Waals surface area (Å²) in [6.07, 6.45) is 2.22. The molecule has 1 heterocycles. The summed E-state index contributed by atoms with van der Waals surface area (Å²) in [7, 11) is 0.